The molecule has 0 amide bonds. The number of hydrogen-bond donors (Lipinski definition) is 1. The molecule has 114 valence electrons. The van der Waals surface area contributed by atoms with Gasteiger partial charge in [-0.05, 0) is 55.3 Å². The Hall–Kier alpha value is -1.35. The molecule has 2 fully saturated rings. The summed E-state index contributed by atoms with van der Waals surface area (Å²) in [5, 5.41) is 8.79. The average molecular weight is 287 g/mol. The highest BCUT2D eigenvalue weighted by Gasteiger charge is 2.36. The van der Waals surface area contributed by atoms with Crippen molar-refractivity contribution in [2.24, 2.45) is 5.41 Å². The van der Waals surface area contributed by atoms with Gasteiger partial charge in [-0.25, -0.2) is 0 Å². The number of piperidine rings is 1. The van der Waals surface area contributed by atoms with Crippen LogP contribution >= 0.6 is 0 Å². The minimum Gasteiger partial charge on any atom is -0.481 e. The monoisotopic (exact) mass is 287 g/mol. The van der Waals surface area contributed by atoms with Crippen LogP contribution in [0.1, 0.15) is 49.7 Å². The molecule has 0 atom stereocenters. The minimum absolute atomic E-state index is 0.118. The van der Waals surface area contributed by atoms with Gasteiger partial charge in [0.25, 0.3) is 0 Å². The van der Waals surface area contributed by atoms with Crippen molar-refractivity contribution in [3.63, 3.8) is 0 Å². The predicted octanol–water partition coefficient (Wildman–Crippen LogP) is 3.47. The summed E-state index contributed by atoms with van der Waals surface area (Å²) in [6.45, 7) is 3.44. The highest BCUT2D eigenvalue weighted by molar-refractivity contribution is 5.70. The summed E-state index contributed by atoms with van der Waals surface area (Å²) >= 11 is 0. The molecule has 1 aromatic rings. The summed E-state index contributed by atoms with van der Waals surface area (Å²) in [6.07, 6.45) is 8.62. The van der Waals surface area contributed by atoms with E-state index in [0.717, 1.165) is 12.1 Å². The third kappa shape index (κ3) is 3.65. The van der Waals surface area contributed by atoms with Crippen LogP contribution < -0.4 is 0 Å². The quantitative estimate of drug-likeness (QED) is 0.922. The fourth-order valence-electron chi connectivity index (χ4n) is 4.01. The van der Waals surface area contributed by atoms with Crippen molar-refractivity contribution in [1.29, 1.82) is 0 Å². The molecule has 0 radical (unpaired) electrons. The van der Waals surface area contributed by atoms with Gasteiger partial charge in [0.1, 0.15) is 0 Å². The van der Waals surface area contributed by atoms with Crippen LogP contribution in [0.5, 0.6) is 0 Å². The van der Waals surface area contributed by atoms with Crippen molar-refractivity contribution in [3.05, 3.63) is 35.4 Å². The fraction of sp³-hybridized carbons (Fsp3) is 0.611. The van der Waals surface area contributed by atoms with Gasteiger partial charge < -0.3 is 5.11 Å². The van der Waals surface area contributed by atoms with E-state index in [0.29, 0.717) is 5.41 Å². The van der Waals surface area contributed by atoms with Crippen LogP contribution in [0.2, 0.25) is 0 Å². The molecule has 1 saturated carbocycles. The molecule has 3 heteroatoms. The molecule has 1 spiro atoms. The molecule has 1 heterocycles. The van der Waals surface area contributed by atoms with E-state index in [9.17, 15) is 4.79 Å². The summed E-state index contributed by atoms with van der Waals surface area (Å²) in [5.41, 5.74) is 2.86. The summed E-state index contributed by atoms with van der Waals surface area (Å²) < 4.78 is 0. The second-order valence-corrected chi connectivity index (χ2v) is 6.87. The van der Waals surface area contributed by atoms with E-state index in [1.165, 1.54) is 57.2 Å². The lowest BCUT2D eigenvalue weighted by Gasteiger charge is -2.39. The maximum Gasteiger partial charge on any atom is 0.307 e. The SMILES string of the molecule is O=C(O)Cc1ccc(CN2CCC3(CCCC3)CC2)cc1. The standard InChI is InChI=1S/C18H25NO2/c20-17(21)13-15-3-5-16(6-4-15)14-19-11-9-18(10-12-19)7-1-2-8-18/h3-6H,1-2,7-14H2,(H,20,21). The van der Waals surface area contributed by atoms with Crippen molar-refractivity contribution in [2.75, 3.05) is 13.1 Å². The Morgan fingerprint density at radius 3 is 2.14 bits per heavy atom. The molecule has 1 aliphatic heterocycles. The molecule has 0 bridgehead atoms. The van der Waals surface area contributed by atoms with Gasteiger partial charge >= 0.3 is 5.97 Å². The van der Waals surface area contributed by atoms with E-state index in [1.807, 2.05) is 12.1 Å². The number of carboxylic acid groups (broad SMARTS) is 1. The average Bonchev–Trinajstić information content (AvgIpc) is 2.92. The van der Waals surface area contributed by atoms with Crippen LogP contribution in [0.3, 0.4) is 0 Å². The van der Waals surface area contributed by atoms with Gasteiger partial charge in [-0.2, -0.15) is 0 Å². The van der Waals surface area contributed by atoms with E-state index in [2.05, 4.69) is 17.0 Å². The van der Waals surface area contributed by atoms with Gasteiger partial charge in [-0.15, -0.1) is 0 Å². The van der Waals surface area contributed by atoms with Crippen LogP contribution in [-0.4, -0.2) is 29.1 Å². The van der Waals surface area contributed by atoms with Crippen molar-refractivity contribution in [3.8, 4) is 0 Å². The Balaban J connectivity index is 1.52. The molecule has 2 aliphatic rings. The molecule has 1 aliphatic carbocycles. The number of nitrogens with zero attached hydrogens (tertiary/aromatic N) is 1. The van der Waals surface area contributed by atoms with Crippen LogP contribution in [0, 0.1) is 5.41 Å². The molecule has 1 aromatic carbocycles. The van der Waals surface area contributed by atoms with Crippen molar-refractivity contribution in [1.82, 2.24) is 4.90 Å². The van der Waals surface area contributed by atoms with Crippen molar-refractivity contribution < 1.29 is 9.90 Å². The molecule has 3 rings (SSSR count). The third-order valence-electron chi connectivity index (χ3n) is 5.37. The number of aliphatic carboxylic acids is 1. The number of hydrogen-bond acceptors (Lipinski definition) is 2. The number of benzene rings is 1. The highest BCUT2D eigenvalue weighted by atomic mass is 16.4. The van der Waals surface area contributed by atoms with Crippen molar-refractivity contribution >= 4 is 5.97 Å². The topological polar surface area (TPSA) is 40.5 Å². The predicted molar refractivity (Wildman–Crippen MR) is 83.2 cm³/mol. The Labute approximate surface area is 127 Å². The van der Waals surface area contributed by atoms with Crippen molar-refractivity contribution in [2.45, 2.75) is 51.5 Å². The number of likely N-dealkylation sites (tertiary alicyclic amines) is 1. The second kappa shape index (κ2) is 6.18. The second-order valence-electron chi connectivity index (χ2n) is 6.87. The summed E-state index contributed by atoms with van der Waals surface area (Å²) in [4.78, 5) is 13.2. The summed E-state index contributed by atoms with van der Waals surface area (Å²) in [7, 11) is 0. The first kappa shape index (κ1) is 14.6. The van der Waals surface area contributed by atoms with Crippen LogP contribution in [0.25, 0.3) is 0 Å². The number of carboxylic acids is 1. The lowest BCUT2D eigenvalue weighted by molar-refractivity contribution is -0.136. The highest BCUT2D eigenvalue weighted by Crippen LogP contribution is 2.46. The van der Waals surface area contributed by atoms with Gasteiger partial charge in [0.2, 0.25) is 0 Å². The molecule has 3 nitrogen and oxygen atoms in total. The number of rotatable bonds is 4. The summed E-state index contributed by atoms with van der Waals surface area (Å²) in [6, 6.07) is 8.06. The first-order valence-corrected chi connectivity index (χ1v) is 8.17. The molecular weight excluding hydrogens is 262 g/mol. The molecular formula is C18H25NO2. The molecule has 0 unspecified atom stereocenters. The molecule has 21 heavy (non-hydrogen) atoms. The Morgan fingerprint density at radius 2 is 1.57 bits per heavy atom. The van der Waals surface area contributed by atoms with Gasteiger partial charge in [0.15, 0.2) is 0 Å². The van der Waals surface area contributed by atoms with Crippen LogP contribution in [-0.2, 0) is 17.8 Å². The van der Waals surface area contributed by atoms with E-state index < -0.39 is 5.97 Å². The zero-order valence-electron chi connectivity index (χ0n) is 12.7. The van der Waals surface area contributed by atoms with E-state index in [1.54, 1.807) is 0 Å². The lowest BCUT2D eigenvalue weighted by Crippen LogP contribution is -2.38. The maximum absolute atomic E-state index is 10.7. The van der Waals surface area contributed by atoms with E-state index in [4.69, 9.17) is 5.11 Å². The van der Waals surface area contributed by atoms with E-state index in [-0.39, 0.29) is 6.42 Å². The Morgan fingerprint density at radius 1 is 1.00 bits per heavy atom. The summed E-state index contributed by atoms with van der Waals surface area (Å²) in [5.74, 6) is -0.763. The van der Waals surface area contributed by atoms with E-state index >= 15 is 0 Å². The normalized spacial score (nSPS) is 21.7. The third-order valence-corrected chi connectivity index (χ3v) is 5.37. The molecule has 1 saturated heterocycles. The smallest absolute Gasteiger partial charge is 0.307 e. The van der Waals surface area contributed by atoms with Crippen LogP contribution in [0.15, 0.2) is 24.3 Å². The fourth-order valence-corrected chi connectivity index (χ4v) is 4.01. The van der Waals surface area contributed by atoms with Gasteiger partial charge in [0, 0.05) is 6.54 Å². The maximum atomic E-state index is 10.7. The minimum atomic E-state index is -0.763. The Kier molecular flexibility index (Phi) is 4.29. The zero-order valence-corrected chi connectivity index (χ0v) is 12.7. The Bertz CT molecular complexity index is 478. The molecule has 0 aromatic heterocycles. The van der Waals surface area contributed by atoms with Gasteiger partial charge in [-0.3, -0.25) is 9.69 Å². The number of carbonyl (C=O) groups is 1. The van der Waals surface area contributed by atoms with Crippen LogP contribution in [0.4, 0.5) is 0 Å². The van der Waals surface area contributed by atoms with Gasteiger partial charge in [0.05, 0.1) is 6.42 Å². The first-order valence-electron chi connectivity index (χ1n) is 8.17. The largest absolute Gasteiger partial charge is 0.481 e. The lowest BCUT2D eigenvalue weighted by atomic mass is 9.77. The van der Waals surface area contributed by atoms with Gasteiger partial charge in [-0.1, -0.05) is 37.1 Å². The first-order chi connectivity index (χ1) is 10.2. The zero-order chi connectivity index (χ0) is 14.7. The molecule has 1 N–H and O–H groups in total.